The second-order valence-electron chi connectivity index (χ2n) is 8.27. The number of nitrogens with one attached hydrogen (secondary N) is 1. The lowest BCUT2D eigenvalue weighted by molar-refractivity contribution is -0.125. The molecule has 28 heavy (non-hydrogen) atoms. The van der Waals surface area contributed by atoms with E-state index in [0.29, 0.717) is 6.54 Å². The number of rotatable bonds is 7. The van der Waals surface area contributed by atoms with Crippen molar-refractivity contribution in [2.24, 2.45) is 11.8 Å². The van der Waals surface area contributed by atoms with Crippen LogP contribution in [0, 0.1) is 11.8 Å². The Bertz CT molecular complexity index is 672. The zero-order chi connectivity index (χ0) is 19.9. The van der Waals surface area contributed by atoms with Crippen molar-refractivity contribution in [1.29, 1.82) is 0 Å². The van der Waals surface area contributed by atoms with Crippen LogP contribution in [-0.4, -0.2) is 55.2 Å². The number of piperidine rings is 1. The second-order valence-corrected chi connectivity index (χ2v) is 9.41. The lowest BCUT2D eigenvalue weighted by Gasteiger charge is -2.34. The molecule has 2 aliphatic rings. The maximum absolute atomic E-state index is 12.6. The van der Waals surface area contributed by atoms with Gasteiger partial charge in [-0.15, -0.1) is 11.8 Å². The summed E-state index contributed by atoms with van der Waals surface area (Å²) in [7, 11) is 0. The number of benzene rings is 1. The number of thioether (sulfide) groups is 1. The highest BCUT2D eigenvalue weighted by atomic mass is 32.2. The van der Waals surface area contributed by atoms with Gasteiger partial charge in [-0.2, -0.15) is 0 Å². The quantitative estimate of drug-likeness (QED) is 0.709. The van der Waals surface area contributed by atoms with E-state index in [1.165, 1.54) is 19.5 Å². The first-order chi connectivity index (χ1) is 13.5. The van der Waals surface area contributed by atoms with Crippen molar-refractivity contribution in [2.45, 2.75) is 44.4 Å². The second kappa shape index (κ2) is 10.3. The molecule has 1 aromatic carbocycles. The summed E-state index contributed by atoms with van der Waals surface area (Å²) in [6, 6.07) is 8.00. The smallest absolute Gasteiger partial charge is 0.227 e. The molecule has 0 spiro atoms. The van der Waals surface area contributed by atoms with Crippen LogP contribution in [0.15, 0.2) is 29.2 Å². The Hall–Kier alpha value is -1.53. The number of anilines is 1. The molecule has 1 aromatic rings. The van der Waals surface area contributed by atoms with Gasteiger partial charge in [0.05, 0.1) is 5.69 Å². The number of carbonyl (C=O) groups is 2. The Morgan fingerprint density at radius 2 is 1.89 bits per heavy atom. The van der Waals surface area contributed by atoms with E-state index in [-0.39, 0.29) is 24.7 Å². The molecule has 5 nitrogen and oxygen atoms in total. The molecule has 2 atom stereocenters. The minimum atomic E-state index is -0.0200. The molecule has 1 fully saturated rings. The number of para-hydroxylation sites is 1. The van der Waals surface area contributed by atoms with Crippen LogP contribution in [0.1, 0.15) is 39.5 Å². The molecule has 2 heterocycles. The summed E-state index contributed by atoms with van der Waals surface area (Å²) in [4.78, 5) is 30.2. The average molecular weight is 404 g/mol. The normalized spacial score (nSPS) is 22.6. The highest BCUT2D eigenvalue weighted by Crippen LogP contribution is 2.34. The van der Waals surface area contributed by atoms with Crippen LogP contribution in [0.4, 0.5) is 5.69 Å². The Kier molecular flexibility index (Phi) is 7.80. The van der Waals surface area contributed by atoms with Gasteiger partial charge in [0.1, 0.15) is 0 Å². The first-order valence-corrected chi connectivity index (χ1v) is 11.5. The number of hydrogen-bond donors (Lipinski definition) is 1. The van der Waals surface area contributed by atoms with Gasteiger partial charge in [0.15, 0.2) is 0 Å². The molecule has 1 N–H and O–H groups in total. The Morgan fingerprint density at radius 1 is 1.14 bits per heavy atom. The van der Waals surface area contributed by atoms with Crippen LogP contribution >= 0.6 is 11.8 Å². The van der Waals surface area contributed by atoms with Crippen molar-refractivity contribution >= 4 is 29.3 Å². The zero-order valence-electron chi connectivity index (χ0n) is 17.2. The Balaban J connectivity index is 1.34. The van der Waals surface area contributed by atoms with Crippen molar-refractivity contribution in [3.63, 3.8) is 0 Å². The summed E-state index contributed by atoms with van der Waals surface area (Å²) in [5.74, 6) is 2.46. The number of hydrogen-bond acceptors (Lipinski definition) is 4. The minimum absolute atomic E-state index is 0.0200. The number of amides is 2. The molecule has 2 aliphatic heterocycles. The summed E-state index contributed by atoms with van der Waals surface area (Å²) in [6.07, 6.45) is 2.83. The molecule has 6 heteroatoms. The van der Waals surface area contributed by atoms with Crippen LogP contribution in [0.25, 0.3) is 0 Å². The topological polar surface area (TPSA) is 52.7 Å². The largest absolute Gasteiger partial charge is 0.356 e. The number of nitrogens with zero attached hydrogens (tertiary/aromatic N) is 2. The van der Waals surface area contributed by atoms with Gasteiger partial charge in [-0.3, -0.25) is 9.59 Å². The number of fused-ring (bicyclic) bond motifs is 1. The van der Waals surface area contributed by atoms with Crippen molar-refractivity contribution in [2.75, 3.05) is 43.4 Å². The van der Waals surface area contributed by atoms with Crippen LogP contribution < -0.4 is 10.2 Å². The molecular weight excluding hydrogens is 370 g/mol. The Morgan fingerprint density at radius 3 is 2.68 bits per heavy atom. The van der Waals surface area contributed by atoms with E-state index in [0.717, 1.165) is 47.7 Å². The standard InChI is InChI=1S/C22H33N3O2S/c1-17-14-18(2)16-24(15-17)11-5-10-23-21(26)8-9-22(27)25-12-13-28-20-7-4-3-6-19(20)25/h3-4,6-7,17-18H,5,8-16H2,1-2H3,(H,23,26)/t17-,18+. The highest BCUT2D eigenvalue weighted by molar-refractivity contribution is 7.99. The number of carbonyl (C=O) groups excluding carboxylic acids is 2. The summed E-state index contributed by atoms with van der Waals surface area (Å²) >= 11 is 1.78. The predicted molar refractivity (Wildman–Crippen MR) is 116 cm³/mol. The number of likely N-dealkylation sites (tertiary alicyclic amines) is 1. The zero-order valence-corrected chi connectivity index (χ0v) is 18.0. The molecule has 0 aliphatic carbocycles. The van der Waals surface area contributed by atoms with E-state index >= 15 is 0 Å². The van der Waals surface area contributed by atoms with Gasteiger partial charge < -0.3 is 15.1 Å². The molecule has 2 amide bonds. The molecular formula is C22H33N3O2S. The fourth-order valence-electron chi connectivity index (χ4n) is 4.38. The van der Waals surface area contributed by atoms with Crippen molar-refractivity contribution < 1.29 is 9.59 Å². The van der Waals surface area contributed by atoms with Crippen LogP contribution in [0.2, 0.25) is 0 Å². The highest BCUT2D eigenvalue weighted by Gasteiger charge is 2.23. The van der Waals surface area contributed by atoms with E-state index in [4.69, 9.17) is 0 Å². The molecule has 0 bridgehead atoms. The van der Waals surface area contributed by atoms with Crippen LogP contribution in [0.3, 0.4) is 0 Å². The van der Waals surface area contributed by atoms with Crippen molar-refractivity contribution in [3.05, 3.63) is 24.3 Å². The van der Waals surface area contributed by atoms with E-state index < -0.39 is 0 Å². The first-order valence-electron chi connectivity index (χ1n) is 10.5. The van der Waals surface area contributed by atoms with Gasteiger partial charge in [0.25, 0.3) is 0 Å². The summed E-state index contributed by atoms with van der Waals surface area (Å²) in [6.45, 7) is 9.42. The van der Waals surface area contributed by atoms with Crippen molar-refractivity contribution in [3.8, 4) is 0 Å². The molecule has 0 radical (unpaired) electrons. The third-order valence-electron chi connectivity index (χ3n) is 5.51. The Labute approximate surface area is 173 Å². The monoisotopic (exact) mass is 403 g/mol. The molecule has 154 valence electrons. The lowest BCUT2D eigenvalue weighted by Crippen LogP contribution is -2.40. The van der Waals surface area contributed by atoms with E-state index in [9.17, 15) is 9.59 Å². The molecule has 0 aromatic heterocycles. The third-order valence-corrected chi connectivity index (χ3v) is 6.56. The van der Waals surface area contributed by atoms with E-state index in [2.05, 4.69) is 30.1 Å². The molecule has 0 saturated carbocycles. The van der Waals surface area contributed by atoms with E-state index in [1.54, 1.807) is 11.8 Å². The first kappa shape index (κ1) is 21.2. The molecule has 0 unspecified atom stereocenters. The molecule has 3 rings (SSSR count). The predicted octanol–water partition coefficient (Wildman–Crippen LogP) is 3.39. The van der Waals surface area contributed by atoms with Gasteiger partial charge >= 0.3 is 0 Å². The third kappa shape index (κ3) is 5.98. The summed E-state index contributed by atoms with van der Waals surface area (Å²) < 4.78 is 0. The summed E-state index contributed by atoms with van der Waals surface area (Å²) in [5, 5.41) is 2.98. The summed E-state index contributed by atoms with van der Waals surface area (Å²) in [5.41, 5.74) is 0.981. The van der Waals surface area contributed by atoms with Gasteiger partial charge in [-0.1, -0.05) is 26.0 Å². The average Bonchev–Trinajstić information content (AvgIpc) is 2.68. The fraction of sp³-hybridized carbons (Fsp3) is 0.636. The maximum atomic E-state index is 12.6. The molecule has 1 saturated heterocycles. The fourth-order valence-corrected chi connectivity index (χ4v) is 5.37. The van der Waals surface area contributed by atoms with Crippen molar-refractivity contribution in [1.82, 2.24) is 10.2 Å². The van der Waals surface area contributed by atoms with Gasteiger partial charge in [-0.25, -0.2) is 0 Å². The van der Waals surface area contributed by atoms with E-state index in [1.807, 2.05) is 23.1 Å². The van der Waals surface area contributed by atoms with Gasteiger partial charge in [0, 0.05) is 49.7 Å². The van der Waals surface area contributed by atoms with Gasteiger partial charge in [-0.05, 0) is 43.4 Å². The lowest BCUT2D eigenvalue weighted by atomic mass is 9.92. The maximum Gasteiger partial charge on any atom is 0.227 e. The SMILES string of the molecule is C[C@@H]1C[C@H](C)CN(CCCNC(=O)CCC(=O)N2CCSc3ccccc32)C1. The van der Waals surface area contributed by atoms with Gasteiger partial charge in [0.2, 0.25) is 11.8 Å². The van der Waals surface area contributed by atoms with Crippen LogP contribution in [-0.2, 0) is 9.59 Å². The minimum Gasteiger partial charge on any atom is -0.356 e. The van der Waals surface area contributed by atoms with Crippen LogP contribution in [0.5, 0.6) is 0 Å².